The summed E-state index contributed by atoms with van der Waals surface area (Å²) in [5, 5.41) is 21.3. The number of carbonyl (C=O) groups excluding carboxylic acids is 1. The highest BCUT2D eigenvalue weighted by Gasteiger charge is 2.52. The maximum absolute atomic E-state index is 12.6. The van der Waals surface area contributed by atoms with Gasteiger partial charge in [-0.05, 0) is 23.8 Å². The second-order valence-electron chi connectivity index (χ2n) is 6.43. The van der Waals surface area contributed by atoms with E-state index in [2.05, 4.69) is 5.32 Å². The Morgan fingerprint density at radius 2 is 1.67 bits per heavy atom. The van der Waals surface area contributed by atoms with E-state index < -0.39 is 35.7 Å². The fourth-order valence-corrected chi connectivity index (χ4v) is 3.83. The molecular weight excluding hydrogens is 310 g/mol. The van der Waals surface area contributed by atoms with Crippen molar-refractivity contribution in [2.45, 2.75) is 18.9 Å². The smallest absolute Gasteiger partial charge is 0.326 e. The number of amides is 1. The molecule has 126 valence electrons. The van der Waals surface area contributed by atoms with E-state index in [1.807, 2.05) is 18.2 Å². The molecule has 6 nitrogen and oxygen atoms in total. The van der Waals surface area contributed by atoms with E-state index in [-0.39, 0.29) is 18.3 Å². The molecule has 2 bridgehead atoms. The molecule has 0 unspecified atom stereocenters. The Labute approximate surface area is 139 Å². The van der Waals surface area contributed by atoms with Crippen LogP contribution in [0.1, 0.15) is 12.0 Å². The summed E-state index contributed by atoms with van der Waals surface area (Å²) in [6, 6.07) is 7.95. The Balaban J connectivity index is 1.73. The molecule has 3 rings (SSSR count). The van der Waals surface area contributed by atoms with Gasteiger partial charge in [0.1, 0.15) is 6.04 Å². The average molecular weight is 329 g/mol. The van der Waals surface area contributed by atoms with Crippen LogP contribution in [0.3, 0.4) is 0 Å². The van der Waals surface area contributed by atoms with Gasteiger partial charge in [0.05, 0.1) is 11.8 Å². The fraction of sp³-hybridized carbons (Fsp3) is 0.389. The van der Waals surface area contributed by atoms with E-state index in [1.54, 1.807) is 24.3 Å². The highest BCUT2D eigenvalue weighted by atomic mass is 16.4. The number of hydrogen-bond donors (Lipinski definition) is 3. The van der Waals surface area contributed by atoms with Crippen LogP contribution < -0.4 is 5.32 Å². The number of carboxylic acids is 2. The summed E-state index contributed by atoms with van der Waals surface area (Å²) >= 11 is 0. The van der Waals surface area contributed by atoms with E-state index in [4.69, 9.17) is 0 Å². The van der Waals surface area contributed by atoms with Crippen LogP contribution in [0.25, 0.3) is 0 Å². The topological polar surface area (TPSA) is 104 Å². The van der Waals surface area contributed by atoms with Crippen LogP contribution in [-0.2, 0) is 20.8 Å². The average Bonchev–Trinajstić information content (AvgIpc) is 3.16. The van der Waals surface area contributed by atoms with Gasteiger partial charge in [-0.3, -0.25) is 9.59 Å². The van der Waals surface area contributed by atoms with E-state index in [9.17, 15) is 24.6 Å². The Hall–Kier alpha value is -2.63. The van der Waals surface area contributed by atoms with E-state index in [0.717, 1.165) is 5.56 Å². The van der Waals surface area contributed by atoms with E-state index in [1.165, 1.54) is 0 Å². The predicted octanol–water partition coefficient (Wildman–Crippen LogP) is 1.32. The first-order valence-corrected chi connectivity index (χ1v) is 7.95. The second-order valence-corrected chi connectivity index (χ2v) is 6.43. The molecule has 0 aromatic heterocycles. The first kappa shape index (κ1) is 16.2. The van der Waals surface area contributed by atoms with E-state index in [0.29, 0.717) is 6.42 Å². The van der Waals surface area contributed by atoms with Crippen LogP contribution in [0.15, 0.2) is 42.5 Å². The molecule has 0 saturated heterocycles. The first-order chi connectivity index (χ1) is 11.5. The van der Waals surface area contributed by atoms with Gasteiger partial charge in [-0.1, -0.05) is 42.5 Å². The van der Waals surface area contributed by atoms with Crippen molar-refractivity contribution in [3.8, 4) is 0 Å². The van der Waals surface area contributed by atoms with Gasteiger partial charge in [0.2, 0.25) is 5.91 Å². The lowest BCUT2D eigenvalue weighted by atomic mass is 9.82. The quantitative estimate of drug-likeness (QED) is 0.683. The zero-order valence-electron chi connectivity index (χ0n) is 13.0. The van der Waals surface area contributed by atoms with Gasteiger partial charge in [-0.2, -0.15) is 0 Å². The first-order valence-electron chi connectivity index (χ1n) is 7.95. The molecule has 1 amide bonds. The third-order valence-electron chi connectivity index (χ3n) is 4.94. The summed E-state index contributed by atoms with van der Waals surface area (Å²) in [6.07, 6.45) is 4.54. The van der Waals surface area contributed by atoms with Crippen molar-refractivity contribution < 1.29 is 24.6 Å². The molecule has 1 aromatic carbocycles. The normalized spacial score (nSPS) is 28.5. The summed E-state index contributed by atoms with van der Waals surface area (Å²) in [7, 11) is 0. The summed E-state index contributed by atoms with van der Waals surface area (Å²) < 4.78 is 0. The molecule has 1 saturated carbocycles. The fourth-order valence-electron chi connectivity index (χ4n) is 3.83. The summed E-state index contributed by atoms with van der Waals surface area (Å²) in [5.41, 5.74) is 0.799. The van der Waals surface area contributed by atoms with Gasteiger partial charge in [-0.15, -0.1) is 0 Å². The minimum Gasteiger partial charge on any atom is -0.481 e. The van der Waals surface area contributed by atoms with Gasteiger partial charge < -0.3 is 15.5 Å². The number of nitrogens with one attached hydrogen (secondary N) is 1. The minimum atomic E-state index is -1.13. The molecule has 0 heterocycles. The lowest BCUT2D eigenvalue weighted by Crippen LogP contribution is -2.48. The zero-order chi connectivity index (χ0) is 17.3. The summed E-state index contributed by atoms with van der Waals surface area (Å²) in [5.74, 6) is -4.34. The molecule has 0 spiro atoms. The van der Waals surface area contributed by atoms with Crippen LogP contribution in [0, 0.1) is 23.7 Å². The lowest BCUT2D eigenvalue weighted by Gasteiger charge is -2.25. The number of rotatable bonds is 6. The van der Waals surface area contributed by atoms with E-state index >= 15 is 0 Å². The van der Waals surface area contributed by atoms with Crippen LogP contribution in [0.2, 0.25) is 0 Å². The van der Waals surface area contributed by atoms with Crippen LogP contribution in [0.4, 0.5) is 0 Å². The molecule has 1 fully saturated rings. The number of carbonyl (C=O) groups is 3. The van der Waals surface area contributed by atoms with Gasteiger partial charge in [0, 0.05) is 6.42 Å². The van der Waals surface area contributed by atoms with Gasteiger partial charge in [0.15, 0.2) is 0 Å². The molecule has 0 radical (unpaired) electrons. The molecule has 2 aliphatic rings. The number of benzene rings is 1. The minimum absolute atomic E-state index is 0.123. The number of carboxylic acid groups (broad SMARTS) is 2. The Morgan fingerprint density at radius 1 is 1.04 bits per heavy atom. The highest BCUT2D eigenvalue weighted by Crippen LogP contribution is 2.48. The lowest BCUT2D eigenvalue weighted by molar-refractivity contribution is -0.148. The van der Waals surface area contributed by atoms with Crippen LogP contribution in [-0.4, -0.2) is 34.1 Å². The standard InChI is InChI=1S/C18H19NO5/c20-16(14-11-6-7-12(9-11)15(14)18(23)24)19-13(17(21)22)8-10-4-2-1-3-5-10/h1-7,11-15H,8-9H2,(H,19,20)(H,21,22)(H,23,24)/t11-,12-,13-,14+,15-/m0/s1. The third kappa shape index (κ3) is 3.04. The highest BCUT2D eigenvalue weighted by molar-refractivity contribution is 5.89. The summed E-state index contributed by atoms with van der Waals surface area (Å²) in [4.78, 5) is 35.6. The second kappa shape index (κ2) is 6.47. The predicted molar refractivity (Wildman–Crippen MR) is 85.1 cm³/mol. The monoisotopic (exact) mass is 329 g/mol. The maximum Gasteiger partial charge on any atom is 0.326 e. The molecule has 0 aliphatic heterocycles. The van der Waals surface area contributed by atoms with Gasteiger partial charge >= 0.3 is 11.9 Å². The number of fused-ring (bicyclic) bond motifs is 2. The third-order valence-corrected chi connectivity index (χ3v) is 4.94. The van der Waals surface area contributed by atoms with Gasteiger partial charge in [-0.25, -0.2) is 4.79 Å². The van der Waals surface area contributed by atoms with Crippen molar-refractivity contribution in [2.24, 2.45) is 23.7 Å². The van der Waals surface area contributed by atoms with Crippen LogP contribution in [0.5, 0.6) is 0 Å². The molecule has 3 N–H and O–H groups in total. The van der Waals surface area contributed by atoms with Crippen molar-refractivity contribution in [3.05, 3.63) is 48.0 Å². The van der Waals surface area contributed by atoms with Crippen molar-refractivity contribution in [2.75, 3.05) is 0 Å². The SMILES string of the molecule is O=C(O)[C@@H]1[C@H](C(=O)N[C@@H](Cc2ccccc2)C(=O)O)[C@H]2C=C[C@H]1C2. The number of hydrogen-bond acceptors (Lipinski definition) is 3. The zero-order valence-corrected chi connectivity index (χ0v) is 13.0. The molecule has 1 aromatic rings. The number of allylic oxidation sites excluding steroid dienone is 2. The Morgan fingerprint density at radius 3 is 2.25 bits per heavy atom. The molecule has 6 heteroatoms. The maximum atomic E-state index is 12.6. The largest absolute Gasteiger partial charge is 0.481 e. The molecule has 5 atom stereocenters. The van der Waals surface area contributed by atoms with Crippen LogP contribution >= 0.6 is 0 Å². The molecular formula is C18H19NO5. The van der Waals surface area contributed by atoms with Gasteiger partial charge in [0.25, 0.3) is 0 Å². The number of aliphatic carboxylic acids is 2. The Bertz CT molecular complexity index is 684. The Kier molecular flexibility index (Phi) is 4.38. The van der Waals surface area contributed by atoms with Crippen molar-refractivity contribution in [1.82, 2.24) is 5.32 Å². The van der Waals surface area contributed by atoms with Crippen molar-refractivity contribution in [1.29, 1.82) is 0 Å². The molecule has 24 heavy (non-hydrogen) atoms. The van der Waals surface area contributed by atoms with Crippen molar-refractivity contribution >= 4 is 17.8 Å². The molecule has 2 aliphatic carbocycles. The van der Waals surface area contributed by atoms with Crippen molar-refractivity contribution in [3.63, 3.8) is 0 Å². The summed E-state index contributed by atoms with van der Waals surface area (Å²) in [6.45, 7) is 0.